The van der Waals surface area contributed by atoms with Crippen molar-refractivity contribution in [3.05, 3.63) is 29.3 Å². The molecule has 0 bridgehead atoms. The van der Waals surface area contributed by atoms with Crippen LogP contribution in [0.1, 0.15) is 15.9 Å². The number of hydrogen-bond donors (Lipinski definition) is 2. The molecule has 0 aliphatic heterocycles. The summed E-state index contributed by atoms with van der Waals surface area (Å²) in [6.45, 7) is 1.70. The van der Waals surface area contributed by atoms with Crippen molar-refractivity contribution in [2.75, 3.05) is 19.0 Å². The molecule has 0 heterocycles. The van der Waals surface area contributed by atoms with Crippen molar-refractivity contribution in [1.82, 2.24) is 0 Å². The first-order chi connectivity index (χ1) is 7.56. The first-order valence-electron chi connectivity index (χ1n) is 4.70. The lowest BCUT2D eigenvalue weighted by Crippen LogP contribution is -2.16. The van der Waals surface area contributed by atoms with Gasteiger partial charge in [0.05, 0.1) is 12.7 Å². The van der Waals surface area contributed by atoms with Crippen LogP contribution in [0.4, 0.5) is 5.69 Å². The first-order valence-corrected chi connectivity index (χ1v) is 4.70. The largest absolute Gasteiger partial charge is 0.478 e. The summed E-state index contributed by atoms with van der Waals surface area (Å²) >= 11 is 0. The third-order valence-electron chi connectivity index (χ3n) is 2.22. The summed E-state index contributed by atoms with van der Waals surface area (Å²) in [5, 5.41) is 11.7. The molecular formula is C11H13NO4. The van der Waals surface area contributed by atoms with Crippen LogP contribution < -0.4 is 5.32 Å². The lowest BCUT2D eigenvalue weighted by atomic mass is 10.1. The van der Waals surface area contributed by atoms with Gasteiger partial charge >= 0.3 is 11.9 Å². The van der Waals surface area contributed by atoms with Gasteiger partial charge in [0.1, 0.15) is 6.54 Å². The van der Waals surface area contributed by atoms with Gasteiger partial charge in [0, 0.05) is 5.69 Å². The van der Waals surface area contributed by atoms with Gasteiger partial charge in [-0.3, -0.25) is 4.79 Å². The zero-order chi connectivity index (χ0) is 12.1. The Hall–Kier alpha value is -2.04. The van der Waals surface area contributed by atoms with E-state index < -0.39 is 11.9 Å². The van der Waals surface area contributed by atoms with Gasteiger partial charge in [-0.15, -0.1) is 0 Å². The fourth-order valence-corrected chi connectivity index (χ4v) is 1.30. The van der Waals surface area contributed by atoms with Crippen LogP contribution in [0.5, 0.6) is 0 Å². The smallest absolute Gasteiger partial charge is 0.336 e. The Morgan fingerprint density at radius 1 is 1.44 bits per heavy atom. The molecule has 0 aliphatic carbocycles. The highest BCUT2D eigenvalue weighted by Gasteiger charge is 2.10. The fourth-order valence-electron chi connectivity index (χ4n) is 1.30. The third kappa shape index (κ3) is 2.73. The zero-order valence-corrected chi connectivity index (χ0v) is 9.11. The molecule has 5 nitrogen and oxygen atoms in total. The minimum Gasteiger partial charge on any atom is -0.478 e. The number of hydrogen-bond acceptors (Lipinski definition) is 4. The maximum atomic E-state index is 10.9. The number of carboxylic acids is 1. The molecule has 0 amide bonds. The van der Waals surface area contributed by atoms with E-state index in [-0.39, 0.29) is 12.1 Å². The Bertz CT molecular complexity index is 414. The van der Waals surface area contributed by atoms with Gasteiger partial charge in [0.15, 0.2) is 0 Å². The number of carbonyl (C=O) groups is 2. The van der Waals surface area contributed by atoms with E-state index in [1.165, 1.54) is 13.2 Å². The first kappa shape index (κ1) is 12.0. The topological polar surface area (TPSA) is 75.6 Å². The van der Waals surface area contributed by atoms with Crippen molar-refractivity contribution in [2.24, 2.45) is 0 Å². The van der Waals surface area contributed by atoms with Crippen molar-refractivity contribution in [1.29, 1.82) is 0 Å². The molecule has 0 aromatic heterocycles. The van der Waals surface area contributed by atoms with Crippen molar-refractivity contribution in [3.8, 4) is 0 Å². The van der Waals surface area contributed by atoms with Crippen LogP contribution in [0.15, 0.2) is 18.2 Å². The highest BCUT2D eigenvalue weighted by atomic mass is 16.5. The predicted molar refractivity (Wildman–Crippen MR) is 58.6 cm³/mol. The van der Waals surface area contributed by atoms with Crippen LogP contribution >= 0.6 is 0 Å². The molecule has 2 N–H and O–H groups in total. The lowest BCUT2D eigenvalue weighted by Gasteiger charge is -2.10. The Kier molecular flexibility index (Phi) is 3.88. The van der Waals surface area contributed by atoms with Crippen LogP contribution in [-0.2, 0) is 9.53 Å². The molecule has 5 heteroatoms. The predicted octanol–water partition coefficient (Wildman–Crippen LogP) is 1.28. The summed E-state index contributed by atoms with van der Waals surface area (Å²) < 4.78 is 4.47. The second kappa shape index (κ2) is 5.16. The average Bonchev–Trinajstić information content (AvgIpc) is 2.26. The minimum atomic E-state index is -0.987. The molecule has 0 unspecified atom stereocenters. The SMILES string of the molecule is COC(=O)CNc1cccc(C(=O)O)c1C. The van der Waals surface area contributed by atoms with Gasteiger partial charge in [-0.2, -0.15) is 0 Å². The van der Waals surface area contributed by atoms with E-state index in [1.54, 1.807) is 19.1 Å². The molecule has 86 valence electrons. The van der Waals surface area contributed by atoms with Gasteiger partial charge in [0.25, 0.3) is 0 Å². The number of esters is 1. The second-order valence-corrected chi connectivity index (χ2v) is 3.21. The number of carbonyl (C=O) groups excluding carboxylic acids is 1. The van der Waals surface area contributed by atoms with E-state index >= 15 is 0 Å². The van der Waals surface area contributed by atoms with Gasteiger partial charge in [-0.25, -0.2) is 4.79 Å². The van der Waals surface area contributed by atoms with Crippen molar-refractivity contribution < 1.29 is 19.4 Å². The van der Waals surface area contributed by atoms with E-state index in [1.807, 2.05) is 0 Å². The minimum absolute atomic E-state index is 0.0143. The number of rotatable bonds is 4. The number of ether oxygens (including phenoxy) is 1. The Balaban J connectivity index is 2.85. The average molecular weight is 223 g/mol. The Labute approximate surface area is 93.0 Å². The lowest BCUT2D eigenvalue weighted by molar-refractivity contribution is -0.138. The zero-order valence-electron chi connectivity index (χ0n) is 9.11. The van der Waals surface area contributed by atoms with E-state index in [2.05, 4.69) is 10.1 Å². The summed E-state index contributed by atoms with van der Waals surface area (Å²) in [6.07, 6.45) is 0. The van der Waals surface area contributed by atoms with E-state index in [4.69, 9.17) is 5.11 Å². The molecule has 1 aromatic rings. The van der Waals surface area contributed by atoms with Gasteiger partial charge in [0.2, 0.25) is 0 Å². The quantitative estimate of drug-likeness (QED) is 0.752. The number of carboxylic acid groups (broad SMARTS) is 1. The molecule has 0 saturated carbocycles. The summed E-state index contributed by atoms with van der Waals surface area (Å²) in [5.74, 6) is -1.39. The molecule has 0 spiro atoms. The third-order valence-corrected chi connectivity index (χ3v) is 2.22. The molecule has 0 saturated heterocycles. The highest BCUT2D eigenvalue weighted by molar-refractivity contribution is 5.91. The summed E-state index contributed by atoms with van der Waals surface area (Å²) in [4.78, 5) is 21.8. The monoisotopic (exact) mass is 223 g/mol. The second-order valence-electron chi connectivity index (χ2n) is 3.21. The number of aromatic carboxylic acids is 1. The van der Waals surface area contributed by atoms with E-state index in [0.717, 1.165) is 0 Å². The maximum absolute atomic E-state index is 10.9. The van der Waals surface area contributed by atoms with E-state index in [9.17, 15) is 9.59 Å². The van der Waals surface area contributed by atoms with Gasteiger partial charge in [-0.05, 0) is 24.6 Å². The fraction of sp³-hybridized carbons (Fsp3) is 0.273. The van der Waals surface area contributed by atoms with E-state index in [0.29, 0.717) is 11.3 Å². The summed E-state index contributed by atoms with van der Waals surface area (Å²) in [5.41, 5.74) is 1.43. The molecule has 0 aliphatic rings. The number of benzene rings is 1. The molecule has 1 aromatic carbocycles. The molecular weight excluding hydrogens is 210 g/mol. The van der Waals surface area contributed by atoms with Crippen LogP contribution in [-0.4, -0.2) is 30.7 Å². The molecule has 1 rings (SSSR count). The van der Waals surface area contributed by atoms with Gasteiger partial charge < -0.3 is 15.2 Å². The van der Waals surface area contributed by atoms with Crippen LogP contribution in [0.2, 0.25) is 0 Å². The standard InChI is InChI=1S/C11H13NO4/c1-7-8(11(14)15)4-3-5-9(7)12-6-10(13)16-2/h3-5,12H,6H2,1-2H3,(H,14,15). The maximum Gasteiger partial charge on any atom is 0.336 e. The Morgan fingerprint density at radius 3 is 2.69 bits per heavy atom. The molecule has 0 radical (unpaired) electrons. The van der Waals surface area contributed by atoms with Crippen LogP contribution in [0.25, 0.3) is 0 Å². The van der Waals surface area contributed by atoms with Crippen LogP contribution in [0, 0.1) is 6.92 Å². The molecule has 0 atom stereocenters. The number of methoxy groups -OCH3 is 1. The molecule has 0 fully saturated rings. The number of anilines is 1. The molecule has 16 heavy (non-hydrogen) atoms. The normalized spacial score (nSPS) is 9.62. The van der Waals surface area contributed by atoms with Crippen molar-refractivity contribution in [3.63, 3.8) is 0 Å². The number of nitrogens with one attached hydrogen (secondary N) is 1. The Morgan fingerprint density at radius 2 is 2.12 bits per heavy atom. The van der Waals surface area contributed by atoms with Crippen LogP contribution in [0.3, 0.4) is 0 Å². The summed E-state index contributed by atoms with van der Waals surface area (Å²) in [7, 11) is 1.30. The highest BCUT2D eigenvalue weighted by Crippen LogP contribution is 2.18. The summed E-state index contributed by atoms with van der Waals surface area (Å²) in [6, 6.07) is 4.85. The van der Waals surface area contributed by atoms with Crippen molar-refractivity contribution in [2.45, 2.75) is 6.92 Å². The van der Waals surface area contributed by atoms with Gasteiger partial charge in [-0.1, -0.05) is 6.07 Å². The van der Waals surface area contributed by atoms with Crippen molar-refractivity contribution >= 4 is 17.6 Å².